The number of amides is 1. The molecule has 116 valence electrons. The molecule has 0 saturated carbocycles. The molecule has 2 aromatic rings. The minimum absolute atomic E-state index is 0.107. The van der Waals surface area contributed by atoms with Gasteiger partial charge in [0.15, 0.2) is 0 Å². The Labute approximate surface area is 136 Å². The highest BCUT2D eigenvalue weighted by Crippen LogP contribution is 2.30. The molecule has 22 heavy (non-hydrogen) atoms. The topological polar surface area (TPSA) is 86.1 Å². The van der Waals surface area contributed by atoms with Crippen LogP contribution in [0.15, 0.2) is 24.8 Å². The van der Waals surface area contributed by atoms with E-state index >= 15 is 0 Å². The number of carbonyl (C=O) groups excluding carboxylic acids is 2. The zero-order chi connectivity index (χ0) is 16.3. The van der Waals surface area contributed by atoms with Crippen LogP contribution in [0.25, 0.3) is 0 Å². The van der Waals surface area contributed by atoms with Gasteiger partial charge < -0.3 is 10.1 Å². The number of hydrogen-bond donors (Lipinski definition) is 1. The SMILES string of the molecule is COC(=O)c1cc(Cl)c(Cl)cc1NC(=O)[C@H](C)n1cncn1. The zero-order valence-electron chi connectivity index (χ0n) is 11.7. The Kier molecular flexibility index (Phi) is 4.99. The van der Waals surface area contributed by atoms with E-state index < -0.39 is 17.9 Å². The minimum atomic E-state index is -0.637. The number of halogens is 2. The number of benzene rings is 1. The van der Waals surface area contributed by atoms with Gasteiger partial charge in [0.05, 0.1) is 28.4 Å². The van der Waals surface area contributed by atoms with Crippen molar-refractivity contribution in [1.29, 1.82) is 0 Å². The summed E-state index contributed by atoms with van der Waals surface area (Å²) < 4.78 is 6.05. The smallest absolute Gasteiger partial charge is 0.340 e. The molecule has 9 heteroatoms. The second kappa shape index (κ2) is 6.76. The van der Waals surface area contributed by atoms with E-state index in [9.17, 15) is 9.59 Å². The van der Waals surface area contributed by atoms with Crippen LogP contribution < -0.4 is 5.32 Å². The molecule has 1 amide bonds. The van der Waals surface area contributed by atoms with Crippen LogP contribution in [0.4, 0.5) is 5.69 Å². The lowest BCUT2D eigenvalue weighted by Crippen LogP contribution is -2.25. The summed E-state index contributed by atoms with van der Waals surface area (Å²) in [5.41, 5.74) is 0.314. The Balaban J connectivity index is 2.30. The monoisotopic (exact) mass is 342 g/mol. The molecule has 0 unspecified atom stereocenters. The van der Waals surface area contributed by atoms with E-state index in [1.165, 1.54) is 36.6 Å². The minimum Gasteiger partial charge on any atom is -0.465 e. The number of rotatable bonds is 4. The van der Waals surface area contributed by atoms with Crippen molar-refractivity contribution in [2.45, 2.75) is 13.0 Å². The Bertz CT molecular complexity index is 704. The van der Waals surface area contributed by atoms with Gasteiger partial charge >= 0.3 is 5.97 Å². The molecule has 2 rings (SSSR count). The average molecular weight is 343 g/mol. The summed E-state index contributed by atoms with van der Waals surface area (Å²) in [6, 6.07) is 2.11. The van der Waals surface area contributed by atoms with Gasteiger partial charge in [-0.15, -0.1) is 0 Å². The molecular weight excluding hydrogens is 331 g/mol. The third-order valence-electron chi connectivity index (χ3n) is 2.94. The van der Waals surface area contributed by atoms with Gasteiger partial charge in [-0.2, -0.15) is 5.10 Å². The van der Waals surface area contributed by atoms with Crippen molar-refractivity contribution in [3.05, 3.63) is 40.4 Å². The predicted octanol–water partition coefficient (Wildman–Crippen LogP) is 2.57. The molecular formula is C13H12Cl2N4O3. The molecule has 1 N–H and O–H groups in total. The van der Waals surface area contributed by atoms with Crippen LogP contribution in [-0.2, 0) is 9.53 Å². The number of ether oxygens (including phenoxy) is 1. The first kappa shape index (κ1) is 16.3. The lowest BCUT2D eigenvalue weighted by atomic mass is 10.1. The van der Waals surface area contributed by atoms with Crippen molar-refractivity contribution >= 4 is 40.8 Å². The number of aromatic nitrogens is 3. The molecule has 0 bridgehead atoms. The maximum absolute atomic E-state index is 12.2. The molecule has 1 heterocycles. The Hall–Kier alpha value is -2.12. The van der Waals surface area contributed by atoms with Crippen molar-refractivity contribution < 1.29 is 14.3 Å². The number of nitrogens with zero attached hydrogens (tertiary/aromatic N) is 3. The number of anilines is 1. The number of hydrogen-bond acceptors (Lipinski definition) is 5. The summed E-state index contributed by atoms with van der Waals surface area (Å²) in [6.07, 6.45) is 2.74. The summed E-state index contributed by atoms with van der Waals surface area (Å²) in [5, 5.41) is 6.89. The Morgan fingerprint density at radius 1 is 1.32 bits per heavy atom. The Morgan fingerprint density at radius 3 is 2.59 bits per heavy atom. The predicted molar refractivity (Wildman–Crippen MR) is 81.2 cm³/mol. The van der Waals surface area contributed by atoms with Crippen LogP contribution in [-0.4, -0.2) is 33.8 Å². The van der Waals surface area contributed by atoms with Crippen molar-refractivity contribution in [2.75, 3.05) is 12.4 Å². The number of carbonyl (C=O) groups is 2. The van der Waals surface area contributed by atoms with E-state index in [2.05, 4.69) is 20.1 Å². The summed E-state index contributed by atoms with van der Waals surface area (Å²) in [4.78, 5) is 27.8. The molecule has 0 aliphatic heterocycles. The molecule has 0 fully saturated rings. The second-order valence-electron chi connectivity index (χ2n) is 4.34. The third kappa shape index (κ3) is 3.37. The molecule has 1 aromatic heterocycles. The van der Waals surface area contributed by atoms with E-state index in [1.54, 1.807) is 6.92 Å². The first-order valence-corrected chi connectivity index (χ1v) is 6.92. The fraction of sp³-hybridized carbons (Fsp3) is 0.231. The first-order chi connectivity index (χ1) is 10.4. The summed E-state index contributed by atoms with van der Waals surface area (Å²) >= 11 is 11.8. The molecule has 0 aliphatic rings. The maximum atomic E-state index is 12.2. The number of esters is 1. The van der Waals surface area contributed by atoms with Gasteiger partial charge in [0.25, 0.3) is 0 Å². The highest BCUT2D eigenvalue weighted by molar-refractivity contribution is 6.42. The molecule has 1 atom stereocenters. The summed E-state index contributed by atoms with van der Waals surface area (Å²) in [7, 11) is 1.23. The van der Waals surface area contributed by atoms with Gasteiger partial charge in [-0.05, 0) is 19.1 Å². The second-order valence-corrected chi connectivity index (χ2v) is 5.16. The average Bonchev–Trinajstić information content (AvgIpc) is 3.03. The Morgan fingerprint density at radius 2 is 2.00 bits per heavy atom. The van der Waals surface area contributed by atoms with Gasteiger partial charge in [-0.3, -0.25) is 4.79 Å². The largest absolute Gasteiger partial charge is 0.465 e. The molecule has 7 nitrogen and oxygen atoms in total. The van der Waals surface area contributed by atoms with Crippen LogP contribution in [0.1, 0.15) is 23.3 Å². The molecule has 0 aliphatic carbocycles. The molecule has 0 spiro atoms. The first-order valence-electron chi connectivity index (χ1n) is 6.16. The van der Waals surface area contributed by atoms with Crippen molar-refractivity contribution in [1.82, 2.24) is 14.8 Å². The van der Waals surface area contributed by atoms with Crippen molar-refractivity contribution in [2.24, 2.45) is 0 Å². The van der Waals surface area contributed by atoms with Gasteiger partial charge in [0.1, 0.15) is 18.7 Å². The van der Waals surface area contributed by atoms with Gasteiger partial charge in [0.2, 0.25) is 5.91 Å². The fourth-order valence-electron chi connectivity index (χ4n) is 1.70. The standard InChI is InChI=1S/C13H12Cl2N4O3/c1-7(19-6-16-5-17-19)12(20)18-11-4-10(15)9(14)3-8(11)13(21)22-2/h3-7H,1-2H3,(H,18,20)/t7-/m0/s1. The fourth-order valence-corrected chi connectivity index (χ4v) is 2.03. The quantitative estimate of drug-likeness (QED) is 0.863. The normalized spacial score (nSPS) is 11.8. The molecule has 0 radical (unpaired) electrons. The van der Waals surface area contributed by atoms with E-state index in [-0.39, 0.29) is 21.3 Å². The van der Waals surface area contributed by atoms with Crippen LogP contribution in [0.2, 0.25) is 10.0 Å². The highest BCUT2D eigenvalue weighted by atomic mass is 35.5. The van der Waals surface area contributed by atoms with E-state index in [0.29, 0.717) is 0 Å². The summed E-state index contributed by atoms with van der Waals surface area (Å²) in [5.74, 6) is -1.03. The van der Waals surface area contributed by atoms with E-state index in [1.807, 2.05) is 0 Å². The highest BCUT2D eigenvalue weighted by Gasteiger charge is 2.20. The zero-order valence-corrected chi connectivity index (χ0v) is 13.2. The van der Waals surface area contributed by atoms with Crippen LogP contribution in [0.3, 0.4) is 0 Å². The number of methoxy groups -OCH3 is 1. The lowest BCUT2D eigenvalue weighted by molar-refractivity contribution is -0.119. The van der Waals surface area contributed by atoms with Crippen molar-refractivity contribution in [3.8, 4) is 0 Å². The maximum Gasteiger partial charge on any atom is 0.340 e. The van der Waals surface area contributed by atoms with Gasteiger partial charge in [-0.1, -0.05) is 23.2 Å². The van der Waals surface area contributed by atoms with Crippen molar-refractivity contribution in [3.63, 3.8) is 0 Å². The van der Waals surface area contributed by atoms with Crippen LogP contribution in [0.5, 0.6) is 0 Å². The van der Waals surface area contributed by atoms with E-state index in [0.717, 1.165) is 0 Å². The van der Waals surface area contributed by atoms with E-state index in [4.69, 9.17) is 23.2 Å². The van der Waals surface area contributed by atoms with Gasteiger partial charge in [0, 0.05) is 0 Å². The van der Waals surface area contributed by atoms with Crippen LogP contribution >= 0.6 is 23.2 Å². The molecule has 0 saturated heterocycles. The molecule has 1 aromatic carbocycles. The van der Waals surface area contributed by atoms with Gasteiger partial charge in [-0.25, -0.2) is 14.5 Å². The number of nitrogens with one attached hydrogen (secondary N) is 1. The van der Waals surface area contributed by atoms with Crippen LogP contribution in [0, 0.1) is 0 Å². The summed E-state index contributed by atoms with van der Waals surface area (Å²) in [6.45, 7) is 1.64. The lowest BCUT2D eigenvalue weighted by Gasteiger charge is -2.15. The third-order valence-corrected chi connectivity index (χ3v) is 3.66.